The molecule has 7 heteroatoms. The minimum Gasteiger partial charge on any atom is -0.545 e. The molecular formula is C21H22N3O4-. The topological polar surface area (TPSA) is 111 Å². The Kier molecular flexibility index (Phi) is 6.65. The Bertz CT molecular complexity index is 879. The normalized spacial score (nSPS) is 11.2. The van der Waals surface area contributed by atoms with Crippen LogP contribution in [-0.4, -0.2) is 30.5 Å². The highest BCUT2D eigenvalue weighted by molar-refractivity contribution is 5.96. The van der Waals surface area contributed by atoms with Gasteiger partial charge in [-0.15, -0.1) is 0 Å². The second-order valence-corrected chi connectivity index (χ2v) is 7.21. The Hall–Kier alpha value is -3.48. The number of benzene rings is 2. The lowest BCUT2D eigenvalue weighted by atomic mass is 9.87. The number of carbonyl (C=O) groups excluding carboxylic acids is 3. The number of rotatable bonds is 6. The predicted octanol–water partition coefficient (Wildman–Crippen LogP) is 1.23. The van der Waals surface area contributed by atoms with Gasteiger partial charge < -0.3 is 15.2 Å². The van der Waals surface area contributed by atoms with Crippen LogP contribution in [0.2, 0.25) is 0 Å². The molecule has 0 heterocycles. The number of nitrogens with one attached hydrogen (secondary N) is 2. The molecule has 28 heavy (non-hydrogen) atoms. The first kappa shape index (κ1) is 20.8. The van der Waals surface area contributed by atoms with Crippen molar-refractivity contribution in [3.8, 4) is 0 Å². The van der Waals surface area contributed by atoms with Crippen molar-refractivity contribution >= 4 is 24.0 Å². The second-order valence-electron chi connectivity index (χ2n) is 7.21. The molecule has 0 aliphatic heterocycles. The van der Waals surface area contributed by atoms with Crippen LogP contribution in [0.15, 0.2) is 53.6 Å². The van der Waals surface area contributed by atoms with E-state index in [2.05, 4.69) is 36.6 Å². The van der Waals surface area contributed by atoms with Crippen molar-refractivity contribution in [2.75, 3.05) is 6.54 Å². The largest absolute Gasteiger partial charge is 0.545 e. The van der Waals surface area contributed by atoms with E-state index in [0.29, 0.717) is 11.1 Å². The Balaban J connectivity index is 1.81. The molecule has 0 radical (unpaired) electrons. The van der Waals surface area contributed by atoms with Crippen LogP contribution in [-0.2, 0) is 10.2 Å². The molecule has 2 N–H and O–H groups in total. The number of hydrazone groups is 1. The van der Waals surface area contributed by atoms with Crippen LogP contribution >= 0.6 is 0 Å². The number of hydrogen-bond donors (Lipinski definition) is 2. The fraction of sp³-hybridized carbons (Fsp3) is 0.238. The summed E-state index contributed by atoms with van der Waals surface area (Å²) >= 11 is 0. The van der Waals surface area contributed by atoms with Crippen LogP contribution in [0, 0.1) is 0 Å². The van der Waals surface area contributed by atoms with Gasteiger partial charge in [0.1, 0.15) is 0 Å². The van der Waals surface area contributed by atoms with E-state index in [9.17, 15) is 19.5 Å². The van der Waals surface area contributed by atoms with Crippen molar-refractivity contribution in [1.29, 1.82) is 0 Å². The number of amides is 2. The third-order valence-electron chi connectivity index (χ3n) is 3.97. The van der Waals surface area contributed by atoms with Gasteiger partial charge in [-0.3, -0.25) is 9.59 Å². The molecule has 0 saturated carbocycles. The van der Waals surface area contributed by atoms with E-state index in [1.165, 1.54) is 30.5 Å². The number of hydrogen-bond acceptors (Lipinski definition) is 5. The molecule has 0 fully saturated rings. The quantitative estimate of drug-likeness (QED) is 0.580. The first-order chi connectivity index (χ1) is 13.2. The molecule has 2 rings (SSSR count). The zero-order valence-corrected chi connectivity index (χ0v) is 16.0. The lowest BCUT2D eigenvalue weighted by molar-refractivity contribution is -0.255. The van der Waals surface area contributed by atoms with Gasteiger partial charge in [-0.1, -0.05) is 57.2 Å². The summed E-state index contributed by atoms with van der Waals surface area (Å²) in [5.74, 6) is -2.10. The maximum atomic E-state index is 12.1. The molecule has 0 saturated heterocycles. The van der Waals surface area contributed by atoms with Gasteiger partial charge in [-0.2, -0.15) is 5.10 Å². The smallest absolute Gasteiger partial charge is 0.259 e. The summed E-state index contributed by atoms with van der Waals surface area (Å²) in [7, 11) is 0. The van der Waals surface area contributed by atoms with Crippen LogP contribution in [0.25, 0.3) is 0 Å². The van der Waals surface area contributed by atoms with Crippen molar-refractivity contribution in [3.63, 3.8) is 0 Å². The number of nitrogens with zero attached hydrogens (tertiary/aromatic N) is 1. The van der Waals surface area contributed by atoms with Crippen LogP contribution in [0.4, 0.5) is 0 Å². The van der Waals surface area contributed by atoms with Gasteiger partial charge in [0.2, 0.25) is 0 Å². The van der Waals surface area contributed by atoms with Crippen LogP contribution in [0.3, 0.4) is 0 Å². The van der Waals surface area contributed by atoms with Crippen molar-refractivity contribution in [1.82, 2.24) is 10.7 Å². The number of carboxylic acids is 1. The first-order valence-electron chi connectivity index (χ1n) is 8.69. The van der Waals surface area contributed by atoms with Gasteiger partial charge in [0.25, 0.3) is 11.8 Å². The summed E-state index contributed by atoms with van der Waals surface area (Å²) in [5.41, 5.74) is 4.53. The Morgan fingerprint density at radius 3 is 2.07 bits per heavy atom. The van der Waals surface area contributed by atoms with Gasteiger partial charge >= 0.3 is 0 Å². The monoisotopic (exact) mass is 380 g/mol. The molecule has 0 aromatic heterocycles. The highest BCUT2D eigenvalue weighted by Gasteiger charge is 2.14. The predicted molar refractivity (Wildman–Crippen MR) is 104 cm³/mol. The van der Waals surface area contributed by atoms with E-state index >= 15 is 0 Å². The maximum absolute atomic E-state index is 12.1. The Morgan fingerprint density at radius 1 is 0.964 bits per heavy atom. The highest BCUT2D eigenvalue weighted by Crippen LogP contribution is 2.22. The number of aromatic carboxylic acids is 1. The van der Waals surface area contributed by atoms with Crippen molar-refractivity contribution < 1.29 is 19.5 Å². The van der Waals surface area contributed by atoms with Crippen LogP contribution in [0.1, 0.15) is 52.6 Å². The molecule has 0 aliphatic rings. The highest BCUT2D eigenvalue weighted by atomic mass is 16.4. The summed E-state index contributed by atoms with van der Waals surface area (Å²) in [6.45, 7) is 6.04. The average Bonchev–Trinajstić information content (AvgIpc) is 2.66. The molecule has 2 aromatic rings. The van der Waals surface area contributed by atoms with E-state index in [0.717, 1.165) is 5.56 Å². The fourth-order valence-electron chi connectivity index (χ4n) is 2.31. The van der Waals surface area contributed by atoms with Crippen molar-refractivity contribution in [2.24, 2.45) is 5.10 Å². The molecule has 0 bridgehead atoms. The lowest BCUT2D eigenvalue weighted by Gasteiger charge is -2.19. The van der Waals surface area contributed by atoms with Gasteiger partial charge in [0, 0.05) is 5.56 Å². The van der Waals surface area contributed by atoms with Gasteiger partial charge in [0.05, 0.1) is 18.7 Å². The van der Waals surface area contributed by atoms with Gasteiger partial charge in [-0.25, -0.2) is 5.43 Å². The summed E-state index contributed by atoms with van der Waals surface area (Å²) in [6, 6.07) is 13.1. The molecular weight excluding hydrogens is 358 g/mol. The third-order valence-corrected chi connectivity index (χ3v) is 3.97. The molecule has 0 aliphatic carbocycles. The number of carbonyl (C=O) groups is 3. The summed E-state index contributed by atoms with van der Waals surface area (Å²) in [5, 5.41) is 17.0. The Labute approximate surface area is 163 Å². The number of carboxylic acid groups (broad SMARTS) is 1. The minimum absolute atomic E-state index is 0.00225. The van der Waals surface area contributed by atoms with E-state index in [4.69, 9.17) is 0 Å². The Morgan fingerprint density at radius 2 is 1.54 bits per heavy atom. The summed E-state index contributed by atoms with van der Waals surface area (Å²) in [6.07, 6.45) is 1.37. The maximum Gasteiger partial charge on any atom is 0.259 e. The minimum atomic E-state index is -1.26. The average molecular weight is 380 g/mol. The zero-order chi connectivity index (χ0) is 20.7. The molecule has 146 valence electrons. The second kappa shape index (κ2) is 8.94. The lowest BCUT2D eigenvalue weighted by Crippen LogP contribution is -2.34. The molecule has 0 atom stereocenters. The first-order valence-corrected chi connectivity index (χ1v) is 8.69. The van der Waals surface area contributed by atoms with Crippen LogP contribution in [0.5, 0.6) is 0 Å². The van der Waals surface area contributed by atoms with E-state index in [-0.39, 0.29) is 23.4 Å². The molecule has 0 unspecified atom stereocenters. The fourth-order valence-corrected chi connectivity index (χ4v) is 2.31. The summed E-state index contributed by atoms with van der Waals surface area (Å²) in [4.78, 5) is 34.6. The van der Waals surface area contributed by atoms with Crippen molar-refractivity contribution in [3.05, 3.63) is 70.8 Å². The molecule has 2 amide bonds. The molecule has 0 spiro atoms. The molecule has 2 aromatic carbocycles. The van der Waals surface area contributed by atoms with Gasteiger partial charge in [-0.05, 0) is 34.2 Å². The SMILES string of the molecule is CC(C)(C)c1ccc(C(=O)NCC(=O)N/N=C\c2ccc(C(=O)[O-])cc2)cc1. The van der Waals surface area contributed by atoms with E-state index < -0.39 is 11.9 Å². The third kappa shape index (κ3) is 6.05. The van der Waals surface area contributed by atoms with E-state index in [1.807, 2.05) is 12.1 Å². The van der Waals surface area contributed by atoms with Crippen molar-refractivity contribution in [2.45, 2.75) is 26.2 Å². The molecule has 7 nitrogen and oxygen atoms in total. The summed E-state index contributed by atoms with van der Waals surface area (Å²) < 4.78 is 0. The van der Waals surface area contributed by atoms with Crippen LogP contribution < -0.4 is 15.8 Å². The standard InChI is InChI=1S/C21H23N3O4/c1-21(2,3)17-10-8-15(9-11-17)19(26)22-13-18(25)24-23-12-14-4-6-16(7-5-14)20(27)28/h4-12H,13H2,1-3H3,(H,22,26)(H,24,25)(H,27,28)/p-1/b23-12-. The van der Waals surface area contributed by atoms with Gasteiger partial charge in [0.15, 0.2) is 0 Å². The van der Waals surface area contributed by atoms with E-state index in [1.54, 1.807) is 12.1 Å². The zero-order valence-electron chi connectivity index (χ0n) is 16.0.